The molecule has 7 heteroatoms. The van der Waals surface area contributed by atoms with E-state index in [-0.39, 0.29) is 12.5 Å². The first kappa shape index (κ1) is 15.4. The third-order valence-corrected chi connectivity index (χ3v) is 3.89. The molecule has 6 nitrogen and oxygen atoms in total. The molecule has 1 aromatic carbocycles. The Bertz CT molecular complexity index is 751. The molecule has 3 rings (SSSR count). The van der Waals surface area contributed by atoms with Crippen molar-refractivity contribution in [2.24, 2.45) is 0 Å². The smallest absolute Gasteiger partial charge is 0.258 e. The average molecular weight is 331 g/mol. The van der Waals surface area contributed by atoms with Crippen LogP contribution in [0.15, 0.2) is 42.0 Å². The zero-order valence-electron chi connectivity index (χ0n) is 12.7. The van der Waals surface area contributed by atoms with Gasteiger partial charge in [-0.15, -0.1) is 11.3 Å². The van der Waals surface area contributed by atoms with E-state index in [1.165, 1.54) is 0 Å². The summed E-state index contributed by atoms with van der Waals surface area (Å²) in [4.78, 5) is 17.1. The monoisotopic (exact) mass is 331 g/mol. The molecule has 0 aliphatic heterocycles. The Labute approximate surface area is 137 Å². The lowest BCUT2D eigenvalue weighted by molar-refractivity contribution is -0.123. The molecule has 0 fully saturated rings. The van der Waals surface area contributed by atoms with Gasteiger partial charge in [0.1, 0.15) is 11.5 Å². The van der Waals surface area contributed by atoms with Crippen LogP contribution in [0, 0.1) is 0 Å². The molecule has 0 bridgehead atoms. The third kappa shape index (κ3) is 4.01. The van der Waals surface area contributed by atoms with Crippen LogP contribution in [0.3, 0.4) is 0 Å². The van der Waals surface area contributed by atoms with Crippen molar-refractivity contribution in [1.29, 1.82) is 0 Å². The molecule has 0 radical (unpaired) electrons. The van der Waals surface area contributed by atoms with Gasteiger partial charge in [0.25, 0.3) is 5.91 Å². The third-order valence-electron chi connectivity index (χ3n) is 3.11. The van der Waals surface area contributed by atoms with Gasteiger partial charge in [0.2, 0.25) is 0 Å². The highest BCUT2D eigenvalue weighted by Gasteiger charge is 2.06. The number of amides is 1. The van der Waals surface area contributed by atoms with Crippen molar-refractivity contribution in [2.75, 3.05) is 13.2 Å². The Morgan fingerprint density at radius 1 is 1.26 bits per heavy atom. The van der Waals surface area contributed by atoms with E-state index >= 15 is 0 Å². The number of imidazole rings is 1. The van der Waals surface area contributed by atoms with Crippen LogP contribution in [0.25, 0.3) is 4.96 Å². The summed E-state index contributed by atoms with van der Waals surface area (Å²) in [5.74, 6) is 1.23. The molecule has 2 aromatic heterocycles. The highest BCUT2D eigenvalue weighted by Crippen LogP contribution is 2.17. The number of carbonyl (C=O) groups excluding carboxylic acids is 1. The predicted molar refractivity (Wildman–Crippen MR) is 88.0 cm³/mol. The Balaban J connectivity index is 1.44. The second-order valence-corrected chi connectivity index (χ2v) is 5.67. The molecule has 0 atom stereocenters. The number of nitrogens with one attached hydrogen (secondary N) is 1. The minimum atomic E-state index is -0.185. The molecule has 120 valence electrons. The normalized spacial score (nSPS) is 10.7. The van der Waals surface area contributed by atoms with Crippen LogP contribution < -0.4 is 14.8 Å². The number of carbonyl (C=O) groups is 1. The molecular weight excluding hydrogens is 314 g/mol. The number of benzene rings is 1. The van der Waals surface area contributed by atoms with Gasteiger partial charge < -0.3 is 14.8 Å². The number of fused-ring (bicyclic) bond motifs is 1. The number of ether oxygens (including phenoxy) is 2. The summed E-state index contributed by atoms with van der Waals surface area (Å²) in [7, 11) is 0. The van der Waals surface area contributed by atoms with Crippen molar-refractivity contribution in [3.05, 3.63) is 47.7 Å². The van der Waals surface area contributed by atoms with Crippen molar-refractivity contribution in [1.82, 2.24) is 14.7 Å². The summed E-state index contributed by atoms with van der Waals surface area (Å²) < 4.78 is 12.7. The lowest BCUT2D eigenvalue weighted by atomic mass is 10.3. The minimum Gasteiger partial charge on any atom is -0.494 e. The first-order chi connectivity index (χ1) is 11.2. The van der Waals surface area contributed by atoms with Gasteiger partial charge in [-0.05, 0) is 31.2 Å². The van der Waals surface area contributed by atoms with Crippen molar-refractivity contribution in [3.8, 4) is 11.5 Å². The Kier molecular flexibility index (Phi) is 4.77. The minimum absolute atomic E-state index is 0.0315. The number of nitrogens with zero attached hydrogens (tertiary/aromatic N) is 2. The van der Waals surface area contributed by atoms with E-state index < -0.39 is 0 Å². The SMILES string of the molecule is CCOc1ccc(OCC(=O)NCc2cn3ccsc3n2)cc1. The van der Waals surface area contributed by atoms with Gasteiger partial charge in [0.15, 0.2) is 11.6 Å². The van der Waals surface area contributed by atoms with E-state index in [1.807, 2.05) is 41.2 Å². The topological polar surface area (TPSA) is 64.9 Å². The zero-order chi connectivity index (χ0) is 16.1. The van der Waals surface area contributed by atoms with Crippen LogP contribution in [0.1, 0.15) is 12.6 Å². The standard InChI is InChI=1S/C16H17N3O3S/c1-2-21-13-3-5-14(6-4-13)22-11-15(20)17-9-12-10-19-7-8-23-16(19)18-12/h3-8,10H,2,9,11H2,1H3,(H,17,20). The van der Waals surface area contributed by atoms with Gasteiger partial charge in [-0.1, -0.05) is 0 Å². The van der Waals surface area contributed by atoms with Crippen LogP contribution in [0.2, 0.25) is 0 Å². The number of thiazole rings is 1. The lowest BCUT2D eigenvalue weighted by Crippen LogP contribution is -2.28. The molecule has 1 N–H and O–H groups in total. The molecule has 1 amide bonds. The summed E-state index contributed by atoms with van der Waals surface area (Å²) >= 11 is 1.56. The van der Waals surface area contributed by atoms with Gasteiger partial charge >= 0.3 is 0 Å². The molecule has 0 saturated heterocycles. The second-order valence-electron chi connectivity index (χ2n) is 4.79. The number of rotatable bonds is 7. The van der Waals surface area contributed by atoms with E-state index in [1.54, 1.807) is 23.5 Å². The highest BCUT2D eigenvalue weighted by molar-refractivity contribution is 7.15. The fraction of sp³-hybridized carbons (Fsp3) is 0.250. The molecule has 2 heterocycles. The Morgan fingerprint density at radius 3 is 2.70 bits per heavy atom. The molecule has 3 aromatic rings. The first-order valence-corrected chi connectivity index (χ1v) is 8.16. The number of aromatic nitrogens is 2. The maximum absolute atomic E-state index is 11.8. The second kappa shape index (κ2) is 7.15. The fourth-order valence-corrected chi connectivity index (χ4v) is 2.77. The molecule has 0 spiro atoms. The largest absolute Gasteiger partial charge is 0.494 e. The molecule has 0 saturated carbocycles. The molecule has 0 aliphatic carbocycles. The summed E-state index contributed by atoms with van der Waals surface area (Å²) in [5, 5.41) is 4.76. The van der Waals surface area contributed by atoms with Crippen LogP contribution in [0.5, 0.6) is 11.5 Å². The quantitative estimate of drug-likeness (QED) is 0.722. The zero-order valence-corrected chi connectivity index (χ0v) is 13.5. The van der Waals surface area contributed by atoms with Crippen LogP contribution in [-0.2, 0) is 11.3 Å². The van der Waals surface area contributed by atoms with Gasteiger partial charge in [-0.25, -0.2) is 4.98 Å². The van der Waals surface area contributed by atoms with Crippen molar-refractivity contribution in [3.63, 3.8) is 0 Å². The van der Waals surface area contributed by atoms with Crippen molar-refractivity contribution >= 4 is 22.2 Å². The van der Waals surface area contributed by atoms with E-state index in [2.05, 4.69) is 10.3 Å². The maximum Gasteiger partial charge on any atom is 0.258 e. The Morgan fingerprint density at radius 2 is 2.00 bits per heavy atom. The van der Waals surface area contributed by atoms with Crippen molar-refractivity contribution in [2.45, 2.75) is 13.5 Å². The van der Waals surface area contributed by atoms with E-state index in [0.717, 1.165) is 16.4 Å². The molecule has 0 unspecified atom stereocenters. The van der Waals surface area contributed by atoms with E-state index in [4.69, 9.17) is 9.47 Å². The van der Waals surface area contributed by atoms with E-state index in [0.29, 0.717) is 18.9 Å². The van der Waals surface area contributed by atoms with Crippen LogP contribution in [0.4, 0.5) is 0 Å². The fourth-order valence-electron chi connectivity index (χ4n) is 2.05. The summed E-state index contributed by atoms with van der Waals surface area (Å²) in [6.45, 7) is 2.91. The average Bonchev–Trinajstić information content (AvgIpc) is 3.14. The maximum atomic E-state index is 11.8. The van der Waals surface area contributed by atoms with Gasteiger partial charge in [-0.2, -0.15) is 0 Å². The lowest BCUT2D eigenvalue weighted by Gasteiger charge is -2.08. The molecule has 0 aliphatic rings. The molecule has 23 heavy (non-hydrogen) atoms. The van der Waals surface area contributed by atoms with Gasteiger partial charge in [-0.3, -0.25) is 9.20 Å². The van der Waals surface area contributed by atoms with Crippen LogP contribution in [-0.4, -0.2) is 28.5 Å². The summed E-state index contributed by atoms with van der Waals surface area (Å²) in [6, 6.07) is 7.19. The highest BCUT2D eigenvalue weighted by atomic mass is 32.1. The Hall–Kier alpha value is -2.54. The van der Waals surface area contributed by atoms with Gasteiger partial charge in [0, 0.05) is 17.8 Å². The first-order valence-electron chi connectivity index (χ1n) is 7.28. The van der Waals surface area contributed by atoms with E-state index in [9.17, 15) is 4.79 Å². The van der Waals surface area contributed by atoms with Gasteiger partial charge in [0.05, 0.1) is 18.8 Å². The van der Waals surface area contributed by atoms with Crippen molar-refractivity contribution < 1.29 is 14.3 Å². The number of hydrogen-bond acceptors (Lipinski definition) is 5. The summed E-state index contributed by atoms with van der Waals surface area (Å²) in [5.41, 5.74) is 0.825. The summed E-state index contributed by atoms with van der Waals surface area (Å²) in [6.07, 6.45) is 3.84. The molecular formula is C16H17N3O3S. The van der Waals surface area contributed by atoms with Crippen LogP contribution >= 0.6 is 11.3 Å². The predicted octanol–water partition coefficient (Wildman–Crippen LogP) is 2.49. The number of hydrogen-bond donors (Lipinski definition) is 1.